The molecule has 1 aliphatic carbocycles. The van der Waals surface area contributed by atoms with Gasteiger partial charge in [0.05, 0.1) is 0 Å². The molecule has 0 unspecified atom stereocenters. The lowest BCUT2D eigenvalue weighted by Gasteiger charge is -2.36. The Bertz CT molecular complexity index is 101. The van der Waals surface area contributed by atoms with E-state index in [0.29, 0.717) is 0 Å². The highest BCUT2D eigenvalue weighted by molar-refractivity contribution is 4.80. The molecule has 2 fully saturated rings. The minimum atomic E-state index is 1.09. The first kappa shape index (κ1) is 6.66. The highest BCUT2D eigenvalue weighted by Gasteiger charge is 2.27. The lowest BCUT2D eigenvalue weighted by Crippen LogP contribution is -2.33. The first-order chi connectivity index (χ1) is 4.97. The lowest BCUT2D eigenvalue weighted by molar-refractivity contribution is 0.168. The topological polar surface area (TPSA) is 12.0 Å². The fraction of sp³-hybridized carbons (Fsp3) is 1.00. The largest absolute Gasteiger partial charge is 0.317 e. The van der Waals surface area contributed by atoms with Crippen molar-refractivity contribution >= 4 is 0 Å². The van der Waals surface area contributed by atoms with Crippen LogP contribution in [0.2, 0.25) is 0 Å². The molecule has 2 rings (SSSR count). The normalized spacial score (nSPS) is 30.0. The van der Waals surface area contributed by atoms with Crippen molar-refractivity contribution in [2.75, 3.05) is 13.1 Å². The molecule has 0 aromatic rings. The molecule has 10 heavy (non-hydrogen) atoms. The molecule has 1 N–H and O–H groups in total. The summed E-state index contributed by atoms with van der Waals surface area (Å²) < 4.78 is 0. The molecule has 58 valence electrons. The van der Waals surface area contributed by atoms with Gasteiger partial charge in [0.1, 0.15) is 0 Å². The van der Waals surface area contributed by atoms with Crippen molar-refractivity contribution < 1.29 is 0 Å². The average Bonchev–Trinajstić information content (AvgIpc) is 1.86. The monoisotopic (exact) mass is 139 g/mol. The highest BCUT2D eigenvalue weighted by atomic mass is 14.9. The van der Waals surface area contributed by atoms with Gasteiger partial charge in [-0.05, 0) is 37.8 Å². The molecule has 0 spiro atoms. The second kappa shape index (κ2) is 2.91. The lowest BCUT2D eigenvalue weighted by atomic mass is 9.72. The molecule has 1 heterocycles. The second-order valence-electron chi connectivity index (χ2n) is 3.78. The van der Waals surface area contributed by atoms with Crippen LogP contribution in [0.5, 0.6) is 0 Å². The number of piperidine rings is 1. The fourth-order valence-electron chi connectivity index (χ4n) is 2.23. The standard InChI is InChI=1S/C9H17N/c1-2-8(3-1)9-4-6-10-7-5-9/h8-10H,1-7H2. The van der Waals surface area contributed by atoms with Gasteiger partial charge in [0.2, 0.25) is 0 Å². The maximum atomic E-state index is 3.42. The van der Waals surface area contributed by atoms with Crippen LogP contribution in [0.1, 0.15) is 32.1 Å². The zero-order chi connectivity index (χ0) is 6.81. The van der Waals surface area contributed by atoms with E-state index in [0.717, 1.165) is 11.8 Å². The SMILES string of the molecule is C1CC(C2CCNCC2)C1. The van der Waals surface area contributed by atoms with E-state index in [1.54, 1.807) is 0 Å². The zero-order valence-electron chi connectivity index (χ0n) is 6.60. The quantitative estimate of drug-likeness (QED) is 0.584. The van der Waals surface area contributed by atoms with Crippen LogP contribution in [-0.2, 0) is 0 Å². The van der Waals surface area contributed by atoms with Crippen molar-refractivity contribution in [1.29, 1.82) is 0 Å². The minimum Gasteiger partial charge on any atom is -0.317 e. The highest BCUT2D eigenvalue weighted by Crippen LogP contribution is 2.37. The van der Waals surface area contributed by atoms with Crippen LogP contribution in [0.3, 0.4) is 0 Å². The molecule has 1 aliphatic heterocycles. The minimum absolute atomic E-state index is 1.09. The van der Waals surface area contributed by atoms with Crippen molar-refractivity contribution in [3.63, 3.8) is 0 Å². The molecule has 2 aliphatic rings. The van der Waals surface area contributed by atoms with Crippen LogP contribution in [0, 0.1) is 11.8 Å². The predicted molar refractivity (Wildman–Crippen MR) is 42.9 cm³/mol. The van der Waals surface area contributed by atoms with Crippen LogP contribution in [0.25, 0.3) is 0 Å². The maximum absolute atomic E-state index is 3.42. The van der Waals surface area contributed by atoms with Gasteiger partial charge in [0.25, 0.3) is 0 Å². The van der Waals surface area contributed by atoms with Crippen LogP contribution in [0.4, 0.5) is 0 Å². The average molecular weight is 139 g/mol. The summed E-state index contributed by atoms with van der Waals surface area (Å²) in [7, 11) is 0. The molecule has 0 atom stereocenters. The number of nitrogens with one attached hydrogen (secondary N) is 1. The third-order valence-electron chi connectivity index (χ3n) is 3.20. The summed E-state index contributed by atoms with van der Waals surface area (Å²) in [6, 6.07) is 0. The molecule has 1 heteroatoms. The van der Waals surface area contributed by atoms with Gasteiger partial charge in [-0.1, -0.05) is 19.3 Å². The van der Waals surface area contributed by atoms with Gasteiger partial charge in [-0.25, -0.2) is 0 Å². The Hall–Kier alpha value is -0.0400. The van der Waals surface area contributed by atoms with E-state index < -0.39 is 0 Å². The van der Waals surface area contributed by atoms with E-state index in [1.165, 1.54) is 45.2 Å². The fourth-order valence-corrected chi connectivity index (χ4v) is 2.23. The van der Waals surface area contributed by atoms with Gasteiger partial charge in [0.15, 0.2) is 0 Å². The van der Waals surface area contributed by atoms with E-state index in [1.807, 2.05) is 0 Å². The van der Waals surface area contributed by atoms with E-state index in [2.05, 4.69) is 5.32 Å². The first-order valence-corrected chi connectivity index (χ1v) is 4.67. The van der Waals surface area contributed by atoms with Crippen LogP contribution >= 0.6 is 0 Å². The summed E-state index contributed by atoms with van der Waals surface area (Å²) in [5.41, 5.74) is 0. The summed E-state index contributed by atoms with van der Waals surface area (Å²) in [4.78, 5) is 0. The van der Waals surface area contributed by atoms with Gasteiger partial charge in [-0.3, -0.25) is 0 Å². The zero-order valence-corrected chi connectivity index (χ0v) is 6.60. The van der Waals surface area contributed by atoms with E-state index >= 15 is 0 Å². The number of rotatable bonds is 1. The molecule has 1 nitrogen and oxygen atoms in total. The van der Waals surface area contributed by atoms with Crippen molar-refractivity contribution in [3.8, 4) is 0 Å². The van der Waals surface area contributed by atoms with Gasteiger partial charge in [0, 0.05) is 0 Å². The Kier molecular flexibility index (Phi) is 1.94. The molecule has 0 radical (unpaired) electrons. The first-order valence-electron chi connectivity index (χ1n) is 4.67. The molecular weight excluding hydrogens is 122 g/mol. The van der Waals surface area contributed by atoms with Crippen molar-refractivity contribution in [2.45, 2.75) is 32.1 Å². The smallest absolute Gasteiger partial charge is 0.00462 e. The van der Waals surface area contributed by atoms with Crippen LogP contribution in [-0.4, -0.2) is 13.1 Å². The van der Waals surface area contributed by atoms with Crippen molar-refractivity contribution in [2.24, 2.45) is 11.8 Å². The van der Waals surface area contributed by atoms with E-state index in [4.69, 9.17) is 0 Å². The Morgan fingerprint density at radius 1 is 0.800 bits per heavy atom. The maximum Gasteiger partial charge on any atom is -0.00462 e. The molecule has 1 saturated carbocycles. The molecule has 0 aromatic carbocycles. The Morgan fingerprint density at radius 2 is 1.40 bits per heavy atom. The van der Waals surface area contributed by atoms with Crippen molar-refractivity contribution in [1.82, 2.24) is 5.32 Å². The number of hydrogen-bond acceptors (Lipinski definition) is 1. The van der Waals surface area contributed by atoms with Gasteiger partial charge >= 0.3 is 0 Å². The summed E-state index contributed by atoms with van der Waals surface area (Å²) in [5, 5.41) is 3.42. The van der Waals surface area contributed by atoms with Gasteiger partial charge in [-0.2, -0.15) is 0 Å². The molecule has 0 aromatic heterocycles. The van der Waals surface area contributed by atoms with Gasteiger partial charge < -0.3 is 5.32 Å². The van der Waals surface area contributed by atoms with Gasteiger partial charge in [-0.15, -0.1) is 0 Å². The molecular formula is C9H17N. The Morgan fingerprint density at radius 3 is 1.90 bits per heavy atom. The third kappa shape index (κ3) is 1.20. The van der Waals surface area contributed by atoms with Crippen LogP contribution in [0.15, 0.2) is 0 Å². The summed E-state index contributed by atoms with van der Waals surface area (Å²) in [6.45, 7) is 2.56. The van der Waals surface area contributed by atoms with Crippen molar-refractivity contribution in [3.05, 3.63) is 0 Å². The van der Waals surface area contributed by atoms with Crippen LogP contribution < -0.4 is 5.32 Å². The Labute approximate surface area is 63.2 Å². The summed E-state index contributed by atoms with van der Waals surface area (Å²) in [6.07, 6.45) is 7.47. The second-order valence-corrected chi connectivity index (χ2v) is 3.78. The molecule has 1 saturated heterocycles. The summed E-state index contributed by atoms with van der Waals surface area (Å²) >= 11 is 0. The van der Waals surface area contributed by atoms with E-state index in [-0.39, 0.29) is 0 Å². The Balaban J connectivity index is 1.78. The molecule has 0 bridgehead atoms. The van der Waals surface area contributed by atoms with E-state index in [9.17, 15) is 0 Å². The molecule has 0 amide bonds. The summed E-state index contributed by atoms with van der Waals surface area (Å²) in [5.74, 6) is 2.22. The number of hydrogen-bond donors (Lipinski definition) is 1. The predicted octanol–water partition coefficient (Wildman–Crippen LogP) is 1.79. The third-order valence-corrected chi connectivity index (χ3v) is 3.20.